The predicted molar refractivity (Wildman–Crippen MR) is 78.1 cm³/mol. The lowest BCUT2D eigenvalue weighted by atomic mass is 9.95. The highest BCUT2D eigenvalue weighted by Gasteiger charge is 2.24. The molecule has 0 aromatic carbocycles. The molecule has 0 saturated carbocycles. The van der Waals surface area contributed by atoms with E-state index in [4.69, 9.17) is 5.73 Å². The number of nitrogens with zero attached hydrogens (tertiary/aromatic N) is 1. The lowest BCUT2D eigenvalue weighted by molar-refractivity contribution is -0.119. The number of hydrogen-bond donors (Lipinski definition) is 2. The van der Waals surface area contributed by atoms with Crippen molar-refractivity contribution in [1.29, 1.82) is 0 Å². The molecule has 0 unspecified atom stereocenters. The Morgan fingerprint density at radius 1 is 1.40 bits per heavy atom. The van der Waals surface area contributed by atoms with Crippen molar-refractivity contribution in [2.45, 2.75) is 44.9 Å². The van der Waals surface area contributed by atoms with Gasteiger partial charge in [0.15, 0.2) is 0 Å². The molecule has 0 radical (unpaired) electrons. The molecule has 1 fully saturated rings. The summed E-state index contributed by atoms with van der Waals surface area (Å²) in [7, 11) is 0. The fraction of sp³-hybridized carbons (Fsp3) is 0.733. The van der Waals surface area contributed by atoms with Gasteiger partial charge in [-0.3, -0.25) is 4.79 Å². The second-order valence-electron chi connectivity index (χ2n) is 5.86. The highest BCUT2D eigenvalue weighted by Crippen LogP contribution is 2.21. The van der Waals surface area contributed by atoms with Gasteiger partial charge in [-0.2, -0.15) is 0 Å². The van der Waals surface area contributed by atoms with E-state index in [0.717, 1.165) is 25.8 Å². The summed E-state index contributed by atoms with van der Waals surface area (Å²) in [6.07, 6.45) is 9.20. The van der Waals surface area contributed by atoms with E-state index in [-0.39, 0.29) is 17.9 Å². The van der Waals surface area contributed by atoms with Crippen LogP contribution in [0.2, 0.25) is 0 Å². The molecule has 5 nitrogen and oxygen atoms in total. The minimum Gasteiger partial charge on any atom is -0.370 e. The van der Waals surface area contributed by atoms with E-state index in [1.807, 2.05) is 4.90 Å². The number of carbonyl (C=O) groups is 2. The van der Waals surface area contributed by atoms with Gasteiger partial charge >= 0.3 is 6.03 Å². The highest BCUT2D eigenvalue weighted by atomic mass is 16.2. The number of piperidine rings is 1. The molecule has 0 spiro atoms. The zero-order valence-electron chi connectivity index (χ0n) is 12.1. The van der Waals surface area contributed by atoms with Gasteiger partial charge in [0, 0.05) is 26.1 Å². The van der Waals surface area contributed by atoms with Gasteiger partial charge in [0.05, 0.1) is 0 Å². The van der Waals surface area contributed by atoms with Crippen molar-refractivity contribution in [2.75, 3.05) is 19.6 Å². The molecule has 1 atom stereocenters. The molecule has 20 heavy (non-hydrogen) atoms. The van der Waals surface area contributed by atoms with Gasteiger partial charge in [0.25, 0.3) is 0 Å². The van der Waals surface area contributed by atoms with Crippen molar-refractivity contribution < 1.29 is 9.59 Å². The minimum absolute atomic E-state index is 0.00207. The smallest absolute Gasteiger partial charge is 0.317 e. The van der Waals surface area contributed by atoms with Crippen LogP contribution in [0.15, 0.2) is 11.6 Å². The van der Waals surface area contributed by atoms with Crippen LogP contribution in [0, 0.1) is 5.92 Å². The van der Waals surface area contributed by atoms with E-state index in [2.05, 4.69) is 11.4 Å². The zero-order chi connectivity index (χ0) is 14.4. The number of nitrogens with two attached hydrogens (primary N) is 1. The first-order chi connectivity index (χ1) is 9.65. The van der Waals surface area contributed by atoms with Crippen molar-refractivity contribution in [3.63, 3.8) is 0 Å². The van der Waals surface area contributed by atoms with Gasteiger partial charge in [-0.05, 0) is 44.4 Å². The number of allylic oxidation sites excluding steroid dienone is 1. The van der Waals surface area contributed by atoms with Crippen molar-refractivity contribution in [3.05, 3.63) is 11.6 Å². The topological polar surface area (TPSA) is 75.4 Å². The van der Waals surface area contributed by atoms with Crippen LogP contribution in [0.4, 0.5) is 4.79 Å². The number of nitrogens with one attached hydrogen (secondary N) is 1. The fourth-order valence-electron chi connectivity index (χ4n) is 3.11. The third-order valence-electron chi connectivity index (χ3n) is 4.15. The van der Waals surface area contributed by atoms with Gasteiger partial charge in [0.2, 0.25) is 5.91 Å². The van der Waals surface area contributed by atoms with E-state index in [1.165, 1.54) is 24.8 Å². The minimum atomic E-state index is -0.273. The number of carbonyl (C=O) groups excluding carboxylic acids is 2. The van der Waals surface area contributed by atoms with Crippen molar-refractivity contribution >= 4 is 11.9 Å². The zero-order valence-corrected chi connectivity index (χ0v) is 12.1. The van der Waals surface area contributed by atoms with Gasteiger partial charge in [-0.25, -0.2) is 4.79 Å². The Morgan fingerprint density at radius 2 is 2.25 bits per heavy atom. The molecule has 1 aliphatic heterocycles. The molecular weight excluding hydrogens is 254 g/mol. The van der Waals surface area contributed by atoms with E-state index >= 15 is 0 Å². The predicted octanol–water partition coefficient (Wildman–Crippen LogP) is 1.78. The lowest BCUT2D eigenvalue weighted by Crippen LogP contribution is -2.46. The Kier molecular flexibility index (Phi) is 5.44. The summed E-state index contributed by atoms with van der Waals surface area (Å²) < 4.78 is 0. The molecule has 1 aliphatic carbocycles. The quantitative estimate of drug-likeness (QED) is 0.753. The Morgan fingerprint density at radius 3 is 2.95 bits per heavy atom. The third kappa shape index (κ3) is 4.54. The molecule has 1 heterocycles. The fourth-order valence-corrected chi connectivity index (χ4v) is 3.11. The van der Waals surface area contributed by atoms with Crippen LogP contribution >= 0.6 is 0 Å². The van der Waals surface area contributed by atoms with Gasteiger partial charge in [-0.15, -0.1) is 0 Å². The first kappa shape index (κ1) is 14.9. The molecule has 1 saturated heterocycles. The van der Waals surface area contributed by atoms with Gasteiger partial charge < -0.3 is 16.0 Å². The Bertz CT molecular complexity index is 393. The molecular formula is C15H25N3O2. The first-order valence-corrected chi connectivity index (χ1v) is 7.64. The average Bonchev–Trinajstić information content (AvgIpc) is 2.91. The Balaban J connectivity index is 1.69. The molecule has 3 amide bonds. The van der Waals surface area contributed by atoms with Crippen molar-refractivity contribution in [3.8, 4) is 0 Å². The van der Waals surface area contributed by atoms with Crippen LogP contribution in [-0.2, 0) is 4.79 Å². The lowest BCUT2D eigenvalue weighted by Gasteiger charge is -2.32. The SMILES string of the molecule is NC(=O)C[C@@H]1CCCN(C(=O)NCCC2=CCCC2)C1. The largest absolute Gasteiger partial charge is 0.370 e. The van der Waals surface area contributed by atoms with E-state index in [0.29, 0.717) is 19.5 Å². The number of urea groups is 1. The Hall–Kier alpha value is -1.52. The standard InChI is InChI=1S/C15H25N3O2/c16-14(19)10-13-6-3-9-18(11-13)15(20)17-8-7-12-4-1-2-5-12/h4,13H,1-3,5-11H2,(H2,16,19)(H,17,20)/t13-/m0/s1. The molecule has 5 heteroatoms. The van der Waals surface area contributed by atoms with E-state index < -0.39 is 0 Å². The molecule has 0 bridgehead atoms. The van der Waals surface area contributed by atoms with E-state index in [9.17, 15) is 9.59 Å². The summed E-state index contributed by atoms with van der Waals surface area (Å²) in [5.74, 6) is -0.0463. The van der Waals surface area contributed by atoms with Crippen LogP contribution in [0.1, 0.15) is 44.9 Å². The van der Waals surface area contributed by atoms with Crippen LogP contribution < -0.4 is 11.1 Å². The van der Waals surface area contributed by atoms with Crippen LogP contribution in [0.5, 0.6) is 0 Å². The molecule has 0 aromatic rings. The van der Waals surface area contributed by atoms with Gasteiger partial charge in [0.1, 0.15) is 0 Å². The normalized spacial score (nSPS) is 22.5. The second kappa shape index (κ2) is 7.31. The molecule has 2 rings (SSSR count). The van der Waals surface area contributed by atoms with Crippen LogP contribution in [0.25, 0.3) is 0 Å². The molecule has 112 valence electrons. The number of primary amides is 1. The number of likely N-dealkylation sites (tertiary alicyclic amines) is 1. The molecule has 2 aliphatic rings. The Labute approximate surface area is 120 Å². The van der Waals surface area contributed by atoms with Gasteiger partial charge in [-0.1, -0.05) is 11.6 Å². The maximum Gasteiger partial charge on any atom is 0.317 e. The summed E-state index contributed by atoms with van der Waals surface area (Å²) >= 11 is 0. The second-order valence-corrected chi connectivity index (χ2v) is 5.86. The summed E-state index contributed by atoms with van der Waals surface area (Å²) in [4.78, 5) is 24.9. The average molecular weight is 279 g/mol. The van der Waals surface area contributed by atoms with Crippen molar-refractivity contribution in [2.24, 2.45) is 11.7 Å². The number of hydrogen-bond acceptors (Lipinski definition) is 2. The summed E-state index contributed by atoms with van der Waals surface area (Å²) in [6, 6.07) is -0.00207. The van der Waals surface area contributed by atoms with Crippen LogP contribution in [-0.4, -0.2) is 36.5 Å². The third-order valence-corrected chi connectivity index (χ3v) is 4.15. The number of amides is 3. The molecule has 3 N–H and O–H groups in total. The maximum atomic E-state index is 12.1. The molecule has 0 aromatic heterocycles. The van der Waals surface area contributed by atoms with Crippen molar-refractivity contribution in [1.82, 2.24) is 10.2 Å². The summed E-state index contributed by atoms with van der Waals surface area (Å²) in [5.41, 5.74) is 6.70. The van der Waals surface area contributed by atoms with Crippen LogP contribution in [0.3, 0.4) is 0 Å². The number of rotatable bonds is 5. The highest BCUT2D eigenvalue weighted by molar-refractivity contribution is 5.75. The summed E-state index contributed by atoms with van der Waals surface area (Å²) in [6.45, 7) is 2.14. The maximum absolute atomic E-state index is 12.1. The first-order valence-electron chi connectivity index (χ1n) is 7.64. The monoisotopic (exact) mass is 279 g/mol. The van der Waals surface area contributed by atoms with E-state index in [1.54, 1.807) is 0 Å². The summed E-state index contributed by atoms with van der Waals surface area (Å²) in [5, 5.41) is 2.98.